The first-order valence-corrected chi connectivity index (χ1v) is 7.35. The fraction of sp³-hybridized carbons (Fsp3) is 0.375. The molecule has 0 spiro atoms. The van der Waals surface area contributed by atoms with Gasteiger partial charge in [0.05, 0.1) is 12.3 Å². The first kappa shape index (κ1) is 14.9. The number of methoxy groups -OCH3 is 1. The third-order valence-corrected chi connectivity index (χ3v) is 3.58. The smallest absolute Gasteiger partial charge is 0.161 e. The minimum absolute atomic E-state index is 0.290. The van der Waals surface area contributed by atoms with Crippen molar-refractivity contribution in [2.24, 2.45) is 0 Å². The van der Waals surface area contributed by atoms with Crippen LogP contribution in [0.25, 0.3) is 11.4 Å². The van der Waals surface area contributed by atoms with E-state index in [1.54, 1.807) is 13.2 Å². The fourth-order valence-electron chi connectivity index (χ4n) is 2.52. The van der Waals surface area contributed by atoms with E-state index in [9.17, 15) is 4.39 Å². The normalized spacial score (nSPS) is 15.1. The molecule has 1 fully saturated rings. The second-order valence-corrected chi connectivity index (χ2v) is 5.22. The Morgan fingerprint density at radius 2 is 2.05 bits per heavy atom. The number of nitrogens with zero attached hydrogens (tertiary/aromatic N) is 3. The van der Waals surface area contributed by atoms with Crippen LogP contribution < -0.4 is 10.2 Å². The number of anilines is 1. The highest BCUT2D eigenvalue weighted by Gasteiger charge is 2.15. The summed E-state index contributed by atoms with van der Waals surface area (Å²) in [6.07, 6.45) is 0. The molecule has 1 aliphatic rings. The Balaban J connectivity index is 1.99. The van der Waals surface area contributed by atoms with Crippen molar-refractivity contribution < 1.29 is 9.13 Å². The quantitative estimate of drug-likeness (QED) is 0.934. The second-order valence-electron chi connectivity index (χ2n) is 5.22. The van der Waals surface area contributed by atoms with Gasteiger partial charge in [-0.15, -0.1) is 0 Å². The van der Waals surface area contributed by atoms with Crippen molar-refractivity contribution in [2.75, 3.05) is 38.2 Å². The van der Waals surface area contributed by atoms with Crippen LogP contribution in [0.3, 0.4) is 0 Å². The Morgan fingerprint density at radius 3 is 2.77 bits per heavy atom. The number of halogens is 1. The molecule has 0 saturated carbocycles. The number of nitrogens with one attached hydrogen (secondary N) is 1. The highest BCUT2D eigenvalue weighted by molar-refractivity contribution is 5.58. The number of piperazine rings is 1. The van der Waals surface area contributed by atoms with Crippen LogP contribution in [0, 0.1) is 5.82 Å². The van der Waals surface area contributed by atoms with Crippen molar-refractivity contribution in [1.29, 1.82) is 0 Å². The molecule has 3 rings (SSSR count). The molecule has 5 nitrogen and oxygen atoms in total. The average molecular weight is 302 g/mol. The molecule has 1 aromatic carbocycles. The molecule has 1 N–H and O–H groups in total. The Bertz CT molecular complexity index is 644. The maximum absolute atomic E-state index is 13.5. The van der Waals surface area contributed by atoms with E-state index >= 15 is 0 Å². The van der Waals surface area contributed by atoms with Crippen molar-refractivity contribution >= 4 is 5.82 Å². The number of hydrogen-bond acceptors (Lipinski definition) is 5. The van der Waals surface area contributed by atoms with Gasteiger partial charge >= 0.3 is 0 Å². The molecule has 22 heavy (non-hydrogen) atoms. The Morgan fingerprint density at radius 1 is 1.23 bits per heavy atom. The van der Waals surface area contributed by atoms with Crippen LogP contribution in [0.1, 0.15) is 5.69 Å². The molecule has 0 bridgehead atoms. The van der Waals surface area contributed by atoms with Crippen LogP contribution in [0.4, 0.5) is 10.2 Å². The molecule has 0 unspecified atom stereocenters. The minimum Gasteiger partial charge on any atom is -0.378 e. The largest absolute Gasteiger partial charge is 0.378 e. The average Bonchev–Trinajstić information content (AvgIpc) is 2.56. The van der Waals surface area contributed by atoms with Gasteiger partial charge in [-0.1, -0.05) is 12.1 Å². The summed E-state index contributed by atoms with van der Waals surface area (Å²) in [5, 5.41) is 3.32. The SMILES string of the molecule is COCc1cc(N2CCNCC2)nc(-c2cccc(F)c2)n1. The van der Waals surface area contributed by atoms with Crippen molar-refractivity contribution in [2.45, 2.75) is 6.61 Å². The van der Waals surface area contributed by atoms with E-state index in [0.717, 1.165) is 37.7 Å². The van der Waals surface area contributed by atoms with Gasteiger partial charge in [0.25, 0.3) is 0 Å². The lowest BCUT2D eigenvalue weighted by molar-refractivity contribution is 0.181. The lowest BCUT2D eigenvalue weighted by Crippen LogP contribution is -2.44. The molecule has 0 amide bonds. The maximum Gasteiger partial charge on any atom is 0.161 e. The molecular formula is C16H19FN4O. The van der Waals surface area contributed by atoms with Crippen LogP contribution in [-0.4, -0.2) is 43.3 Å². The number of ether oxygens (including phenoxy) is 1. The summed E-state index contributed by atoms with van der Waals surface area (Å²) in [5.74, 6) is 1.10. The summed E-state index contributed by atoms with van der Waals surface area (Å²) >= 11 is 0. The lowest BCUT2D eigenvalue weighted by Gasteiger charge is -2.28. The molecule has 116 valence electrons. The predicted octanol–water partition coefficient (Wildman–Crippen LogP) is 1.84. The monoisotopic (exact) mass is 302 g/mol. The first-order valence-electron chi connectivity index (χ1n) is 7.35. The Labute approximate surface area is 129 Å². The van der Waals surface area contributed by atoms with Crippen LogP contribution >= 0.6 is 0 Å². The second kappa shape index (κ2) is 6.81. The third kappa shape index (κ3) is 3.40. The van der Waals surface area contributed by atoms with E-state index in [0.29, 0.717) is 18.0 Å². The van der Waals surface area contributed by atoms with Crippen LogP contribution in [0.15, 0.2) is 30.3 Å². The van der Waals surface area contributed by atoms with E-state index in [2.05, 4.69) is 20.2 Å². The van der Waals surface area contributed by atoms with Crippen LogP contribution in [0.2, 0.25) is 0 Å². The summed E-state index contributed by atoms with van der Waals surface area (Å²) < 4.78 is 18.6. The van der Waals surface area contributed by atoms with Gasteiger partial charge in [-0.3, -0.25) is 0 Å². The summed E-state index contributed by atoms with van der Waals surface area (Å²) in [7, 11) is 1.63. The van der Waals surface area contributed by atoms with E-state index in [1.807, 2.05) is 12.1 Å². The van der Waals surface area contributed by atoms with Crippen molar-refractivity contribution in [3.05, 3.63) is 41.8 Å². The fourth-order valence-corrected chi connectivity index (χ4v) is 2.52. The highest BCUT2D eigenvalue weighted by Crippen LogP contribution is 2.21. The topological polar surface area (TPSA) is 50.3 Å². The van der Waals surface area contributed by atoms with Gasteiger partial charge in [-0.05, 0) is 12.1 Å². The number of hydrogen-bond donors (Lipinski definition) is 1. The zero-order chi connectivity index (χ0) is 15.4. The molecule has 2 heterocycles. The first-order chi connectivity index (χ1) is 10.8. The summed E-state index contributed by atoms with van der Waals surface area (Å²) in [6.45, 7) is 4.06. The molecule has 0 radical (unpaired) electrons. The molecule has 1 aromatic heterocycles. The van der Waals surface area contributed by atoms with Crippen molar-refractivity contribution in [3.63, 3.8) is 0 Å². The standard InChI is InChI=1S/C16H19FN4O/c1-22-11-14-10-15(21-7-5-18-6-8-21)20-16(19-14)12-3-2-4-13(17)9-12/h2-4,9-10,18H,5-8,11H2,1H3. The molecule has 1 aliphatic heterocycles. The summed E-state index contributed by atoms with van der Waals surface area (Å²) in [4.78, 5) is 11.3. The predicted molar refractivity (Wildman–Crippen MR) is 83.2 cm³/mol. The third-order valence-electron chi connectivity index (χ3n) is 3.58. The van der Waals surface area contributed by atoms with E-state index in [-0.39, 0.29) is 5.82 Å². The van der Waals surface area contributed by atoms with Gasteiger partial charge in [0, 0.05) is 44.9 Å². The van der Waals surface area contributed by atoms with Gasteiger partial charge in [0.1, 0.15) is 11.6 Å². The minimum atomic E-state index is -0.290. The van der Waals surface area contributed by atoms with Gasteiger partial charge in [0.2, 0.25) is 0 Å². The van der Waals surface area contributed by atoms with Crippen LogP contribution in [0.5, 0.6) is 0 Å². The van der Waals surface area contributed by atoms with E-state index in [4.69, 9.17) is 4.74 Å². The Hall–Kier alpha value is -2.05. The van der Waals surface area contributed by atoms with Crippen molar-refractivity contribution in [1.82, 2.24) is 15.3 Å². The van der Waals surface area contributed by atoms with Crippen LogP contribution in [-0.2, 0) is 11.3 Å². The lowest BCUT2D eigenvalue weighted by atomic mass is 10.2. The zero-order valence-electron chi connectivity index (χ0n) is 12.6. The zero-order valence-corrected chi connectivity index (χ0v) is 12.6. The highest BCUT2D eigenvalue weighted by atomic mass is 19.1. The number of benzene rings is 1. The molecular weight excluding hydrogens is 283 g/mol. The van der Waals surface area contributed by atoms with Gasteiger partial charge < -0.3 is 15.0 Å². The molecule has 1 saturated heterocycles. The Kier molecular flexibility index (Phi) is 4.60. The maximum atomic E-state index is 13.5. The van der Waals surface area contributed by atoms with E-state index < -0.39 is 0 Å². The van der Waals surface area contributed by atoms with Gasteiger partial charge in [-0.25, -0.2) is 14.4 Å². The van der Waals surface area contributed by atoms with E-state index in [1.165, 1.54) is 12.1 Å². The van der Waals surface area contributed by atoms with Crippen molar-refractivity contribution in [3.8, 4) is 11.4 Å². The molecule has 6 heteroatoms. The van der Waals surface area contributed by atoms with Gasteiger partial charge in [0.15, 0.2) is 5.82 Å². The number of rotatable bonds is 4. The van der Waals surface area contributed by atoms with Gasteiger partial charge in [-0.2, -0.15) is 0 Å². The number of aromatic nitrogens is 2. The molecule has 2 aromatic rings. The molecule has 0 atom stereocenters. The molecule has 0 aliphatic carbocycles. The summed E-state index contributed by atoms with van der Waals surface area (Å²) in [5.41, 5.74) is 1.47. The summed E-state index contributed by atoms with van der Waals surface area (Å²) in [6, 6.07) is 8.29.